The molecule has 0 aromatic heterocycles. The Labute approximate surface area is 130 Å². The molecule has 0 spiro atoms. The van der Waals surface area contributed by atoms with Gasteiger partial charge in [0, 0.05) is 13.0 Å². The van der Waals surface area contributed by atoms with Gasteiger partial charge in [0.2, 0.25) is 5.91 Å². The number of amides is 1. The van der Waals surface area contributed by atoms with Gasteiger partial charge in [-0.05, 0) is 42.8 Å². The molecule has 2 aromatic carbocycles. The number of para-hydroxylation sites is 1. The summed E-state index contributed by atoms with van der Waals surface area (Å²) in [5, 5.41) is 0. The average molecular weight is 297 g/mol. The quantitative estimate of drug-likeness (QED) is 0.819. The van der Waals surface area contributed by atoms with Gasteiger partial charge in [-0.2, -0.15) is 0 Å². The molecule has 1 aliphatic heterocycles. The van der Waals surface area contributed by atoms with E-state index in [1.54, 1.807) is 0 Å². The molecule has 0 atom stereocenters. The molecule has 0 bridgehead atoms. The number of rotatable bonds is 6. The first kappa shape index (κ1) is 14.4. The van der Waals surface area contributed by atoms with Crippen LogP contribution in [0.4, 0.5) is 0 Å². The van der Waals surface area contributed by atoms with Gasteiger partial charge in [0.1, 0.15) is 23.9 Å². The molecular formula is C18H19NO3. The summed E-state index contributed by atoms with van der Waals surface area (Å²) in [4.78, 5) is 13.3. The van der Waals surface area contributed by atoms with Gasteiger partial charge in [-0.15, -0.1) is 0 Å². The largest absolute Gasteiger partial charge is 0.492 e. The van der Waals surface area contributed by atoms with E-state index in [1.807, 2.05) is 59.5 Å². The first-order valence-electron chi connectivity index (χ1n) is 7.55. The molecule has 3 rings (SSSR count). The first-order valence-corrected chi connectivity index (χ1v) is 7.55. The maximum atomic E-state index is 11.5. The lowest BCUT2D eigenvalue weighted by molar-refractivity contribution is -0.128. The zero-order valence-corrected chi connectivity index (χ0v) is 12.4. The van der Waals surface area contributed by atoms with Gasteiger partial charge < -0.3 is 14.4 Å². The van der Waals surface area contributed by atoms with E-state index in [9.17, 15) is 4.79 Å². The molecule has 4 nitrogen and oxygen atoms in total. The van der Waals surface area contributed by atoms with Crippen molar-refractivity contribution in [1.82, 2.24) is 4.90 Å². The van der Waals surface area contributed by atoms with Crippen LogP contribution in [-0.4, -0.2) is 30.5 Å². The summed E-state index contributed by atoms with van der Waals surface area (Å²) in [5.74, 6) is 2.60. The van der Waals surface area contributed by atoms with Gasteiger partial charge in [-0.1, -0.05) is 18.2 Å². The van der Waals surface area contributed by atoms with Crippen molar-refractivity contribution in [2.75, 3.05) is 19.7 Å². The van der Waals surface area contributed by atoms with Crippen molar-refractivity contribution in [3.63, 3.8) is 0 Å². The van der Waals surface area contributed by atoms with E-state index in [0.29, 0.717) is 19.6 Å². The van der Waals surface area contributed by atoms with Crippen LogP contribution in [0.1, 0.15) is 12.8 Å². The minimum atomic E-state index is 0.232. The summed E-state index contributed by atoms with van der Waals surface area (Å²) in [6, 6.07) is 17.2. The monoisotopic (exact) mass is 297 g/mol. The molecule has 0 saturated carbocycles. The minimum absolute atomic E-state index is 0.232. The second-order valence-corrected chi connectivity index (χ2v) is 5.22. The third-order valence-electron chi connectivity index (χ3n) is 3.60. The summed E-state index contributed by atoms with van der Waals surface area (Å²) >= 11 is 0. The number of carbonyl (C=O) groups excluding carboxylic acids is 1. The fraction of sp³-hybridized carbons (Fsp3) is 0.278. The first-order chi connectivity index (χ1) is 10.8. The van der Waals surface area contributed by atoms with Crippen molar-refractivity contribution in [2.45, 2.75) is 12.8 Å². The molecule has 1 amide bonds. The highest BCUT2D eigenvalue weighted by molar-refractivity contribution is 5.78. The zero-order valence-electron chi connectivity index (χ0n) is 12.4. The van der Waals surface area contributed by atoms with Gasteiger partial charge in [0.05, 0.1) is 6.54 Å². The molecule has 0 unspecified atom stereocenters. The lowest BCUT2D eigenvalue weighted by Crippen LogP contribution is -2.29. The van der Waals surface area contributed by atoms with Crippen LogP contribution in [0.25, 0.3) is 0 Å². The Morgan fingerprint density at radius 3 is 2.27 bits per heavy atom. The number of nitrogens with zero attached hydrogens (tertiary/aromatic N) is 1. The third kappa shape index (κ3) is 3.79. The van der Waals surface area contributed by atoms with E-state index in [2.05, 4.69) is 0 Å². The van der Waals surface area contributed by atoms with Gasteiger partial charge in [-0.3, -0.25) is 4.79 Å². The lowest BCUT2D eigenvalue weighted by Gasteiger charge is -2.15. The molecule has 0 N–H and O–H groups in total. The van der Waals surface area contributed by atoms with Crippen LogP contribution in [0, 0.1) is 0 Å². The van der Waals surface area contributed by atoms with Crippen molar-refractivity contribution >= 4 is 5.91 Å². The fourth-order valence-electron chi connectivity index (χ4n) is 2.44. The number of benzene rings is 2. The van der Waals surface area contributed by atoms with Gasteiger partial charge in [0.15, 0.2) is 0 Å². The molecule has 1 heterocycles. The van der Waals surface area contributed by atoms with Gasteiger partial charge in [-0.25, -0.2) is 0 Å². The summed E-state index contributed by atoms with van der Waals surface area (Å²) < 4.78 is 11.4. The minimum Gasteiger partial charge on any atom is -0.492 e. The Morgan fingerprint density at radius 1 is 0.909 bits per heavy atom. The van der Waals surface area contributed by atoms with E-state index >= 15 is 0 Å². The topological polar surface area (TPSA) is 38.8 Å². The Balaban J connectivity index is 1.48. The standard InChI is InChI=1S/C18H19NO3/c20-18-7-4-12-19(18)13-14-21-15-8-10-17(11-9-15)22-16-5-2-1-3-6-16/h1-3,5-6,8-11H,4,7,12-14H2. The fourth-order valence-corrected chi connectivity index (χ4v) is 2.44. The molecule has 1 saturated heterocycles. The van der Waals surface area contributed by atoms with Crippen LogP contribution in [0.2, 0.25) is 0 Å². The van der Waals surface area contributed by atoms with E-state index < -0.39 is 0 Å². The molecule has 114 valence electrons. The van der Waals surface area contributed by atoms with Crippen molar-refractivity contribution in [2.24, 2.45) is 0 Å². The normalized spacial score (nSPS) is 14.2. The molecule has 0 radical (unpaired) electrons. The van der Waals surface area contributed by atoms with Gasteiger partial charge in [0.25, 0.3) is 0 Å². The van der Waals surface area contributed by atoms with Crippen molar-refractivity contribution in [1.29, 1.82) is 0 Å². The zero-order chi connectivity index (χ0) is 15.2. The van der Waals surface area contributed by atoms with Crippen molar-refractivity contribution < 1.29 is 14.3 Å². The van der Waals surface area contributed by atoms with E-state index in [0.717, 1.165) is 30.2 Å². The molecule has 1 fully saturated rings. The summed E-state index contributed by atoms with van der Waals surface area (Å²) in [5.41, 5.74) is 0. The second kappa shape index (κ2) is 6.98. The van der Waals surface area contributed by atoms with Gasteiger partial charge >= 0.3 is 0 Å². The number of hydrogen-bond donors (Lipinski definition) is 0. The number of ether oxygens (including phenoxy) is 2. The number of likely N-dealkylation sites (tertiary alicyclic amines) is 1. The molecule has 2 aromatic rings. The smallest absolute Gasteiger partial charge is 0.222 e. The molecule has 22 heavy (non-hydrogen) atoms. The highest BCUT2D eigenvalue weighted by atomic mass is 16.5. The van der Waals surface area contributed by atoms with E-state index in [4.69, 9.17) is 9.47 Å². The highest BCUT2D eigenvalue weighted by Gasteiger charge is 2.19. The lowest BCUT2D eigenvalue weighted by atomic mass is 10.3. The molecular weight excluding hydrogens is 278 g/mol. The maximum absolute atomic E-state index is 11.5. The Kier molecular flexibility index (Phi) is 4.59. The number of hydrogen-bond acceptors (Lipinski definition) is 3. The van der Waals surface area contributed by atoms with Crippen LogP contribution in [0.3, 0.4) is 0 Å². The predicted molar refractivity (Wildman–Crippen MR) is 84.3 cm³/mol. The summed E-state index contributed by atoms with van der Waals surface area (Å²) in [6.45, 7) is 2.03. The van der Waals surface area contributed by atoms with E-state index in [1.165, 1.54) is 0 Å². The van der Waals surface area contributed by atoms with Crippen molar-refractivity contribution in [3.05, 3.63) is 54.6 Å². The SMILES string of the molecule is O=C1CCCN1CCOc1ccc(Oc2ccccc2)cc1. The maximum Gasteiger partial charge on any atom is 0.222 e. The summed E-state index contributed by atoms with van der Waals surface area (Å²) in [6.07, 6.45) is 1.63. The van der Waals surface area contributed by atoms with Crippen LogP contribution < -0.4 is 9.47 Å². The molecule has 0 aliphatic carbocycles. The number of carbonyl (C=O) groups is 1. The average Bonchev–Trinajstić information content (AvgIpc) is 2.95. The van der Waals surface area contributed by atoms with Crippen LogP contribution in [0.5, 0.6) is 17.2 Å². The predicted octanol–water partition coefficient (Wildman–Crippen LogP) is 3.48. The Bertz CT molecular complexity index is 610. The van der Waals surface area contributed by atoms with Crippen molar-refractivity contribution in [3.8, 4) is 17.2 Å². The summed E-state index contributed by atoms with van der Waals surface area (Å²) in [7, 11) is 0. The Hall–Kier alpha value is -2.49. The molecule has 1 aliphatic rings. The second-order valence-electron chi connectivity index (χ2n) is 5.22. The molecule has 4 heteroatoms. The third-order valence-corrected chi connectivity index (χ3v) is 3.60. The van der Waals surface area contributed by atoms with E-state index in [-0.39, 0.29) is 5.91 Å². The van der Waals surface area contributed by atoms with Crippen LogP contribution >= 0.6 is 0 Å². The van der Waals surface area contributed by atoms with Crippen LogP contribution in [0.15, 0.2) is 54.6 Å². The van der Waals surface area contributed by atoms with Crippen LogP contribution in [-0.2, 0) is 4.79 Å². The Morgan fingerprint density at radius 2 is 1.59 bits per heavy atom. The highest BCUT2D eigenvalue weighted by Crippen LogP contribution is 2.23.